The van der Waals surface area contributed by atoms with Gasteiger partial charge in [-0.05, 0) is 66.0 Å². The van der Waals surface area contributed by atoms with Crippen molar-refractivity contribution in [3.05, 3.63) is 24.3 Å². The van der Waals surface area contributed by atoms with Crippen molar-refractivity contribution < 1.29 is 14.6 Å². The molecule has 0 aromatic heterocycles. The second kappa shape index (κ2) is 10.0. The maximum atomic E-state index is 11.8. The van der Waals surface area contributed by atoms with Crippen molar-refractivity contribution in [1.29, 1.82) is 0 Å². The summed E-state index contributed by atoms with van der Waals surface area (Å²) in [5.74, 6) is 0.355. The van der Waals surface area contributed by atoms with E-state index in [1.807, 2.05) is 39.0 Å². The van der Waals surface area contributed by atoms with Gasteiger partial charge in [-0.2, -0.15) is 0 Å². The van der Waals surface area contributed by atoms with Crippen LogP contribution in [0, 0.1) is 0 Å². The number of piperidine rings is 1. The van der Waals surface area contributed by atoms with E-state index in [9.17, 15) is 9.90 Å². The van der Waals surface area contributed by atoms with E-state index in [0.29, 0.717) is 24.4 Å². The van der Waals surface area contributed by atoms with Gasteiger partial charge in [0.05, 0.1) is 5.69 Å². The number of hydrogen-bond donors (Lipinski definition) is 2. The first-order valence-electron chi connectivity index (χ1n) is 10.5. The summed E-state index contributed by atoms with van der Waals surface area (Å²) in [6.07, 6.45) is 2.71. The molecule has 0 aliphatic carbocycles. The first kappa shape index (κ1) is 22.3. The summed E-state index contributed by atoms with van der Waals surface area (Å²) in [4.78, 5) is 16.6. The van der Waals surface area contributed by atoms with Gasteiger partial charge in [0, 0.05) is 38.3 Å². The number of aromatic hydroxyl groups is 1. The molecule has 28 heavy (non-hydrogen) atoms. The van der Waals surface area contributed by atoms with Gasteiger partial charge in [0.1, 0.15) is 11.4 Å². The van der Waals surface area contributed by atoms with Crippen molar-refractivity contribution in [3.63, 3.8) is 0 Å². The molecular weight excluding hydrogens is 354 g/mol. The number of nitrogens with one attached hydrogen (secondary N) is 1. The molecule has 0 saturated carbocycles. The lowest BCUT2D eigenvalue weighted by atomic mass is 10.00. The molecule has 1 fully saturated rings. The molecule has 0 bridgehead atoms. The van der Waals surface area contributed by atoms with Crippen LogP contribution in [-0.4, -0.2) is 60.0 Å². The van der Waals surface area contributed by atoms with Gasteiger partial charge in [0.2, 0.25) is 0 Å². The van der Waals surface area contributed by atoms with Crippen molar-refractivity contribution in [2.24, 2.45) is 0 Å². The van der Waals surface area contributed by atoms with Gasteiger partial charge in [-0.15, -0.1) is 0 Å². The highest BCUT2D eigenvalue weighted by atomic mass is 16.6. The summed E-state index contributed by atoms with van der Waals surface area (Å²) >= 11 is 0. The van der Waals surface area contributed by atoms with Crippen molar-refractivity contribution in [3.8, 4) is 5.75 Å². The molecule has 1 unspecified atom stereocenters. The Balaban J connectivity index is 1.78. The molecule has 1 aliphatic heterocycles. The number of ether oxygens (including phenoxy) is 1. The molecule has 2 N–H and O–H groups in total. The average molecular weight is 392 g/mol. The molecule has 1 saturated heterocycles. The molecule has 0 radical (unpaired) electrons. The number of likely N-dealkylation sites (tertiary alicyclic amines) is 1. The first-order valence-corrected chi connectivity index (χ1v) is 10.5. The maximum absolute atomic E-state index is 11.8. The number of amides is 1. The summed E-state index contributed by atoms with van der Waals surface area (Å²) in [5, 5.41) is 13.0. The molecule has 1 amide bonds. The quantitative estimate of drug-likeness (QED) is 0.736. The largest absolute Gasteiger partial charge is 0.506 e. The summed E-state index contributed by atoms with van der Waals surface area (Å²) in [5.41, 5.74) is 0.466. The van der Waals surface area contributed by atoms with Crippen LogP contribution in [-0.2, 0) is 4.74 Å². The van der Waals surface area contributed by atoms with Gasteiger partial charge >= 0.3 is 6.09 Å². The van der Waals surface area contributed by atoms with Gasteiger partial charge in [-0.25, -0.2) is 4.79 Å². The third-order valence-corrected chi connectivity index (χ3v) is 5.33. The van der Waals surface area contributed by atoms with Crippen LogP contribution in [0.2, 0.25) is 0 Å². The van der Waals surface area contributed by atoms with E-state index in [4.69, 9.17) is 4.74 Å². The zero-order valence-electron chi connectivity index (χ0n) is 18.1. The van der Waals surface area contributed by atoms with Crippen LogP contribution in [0.3, 0.4) is 0 Å². The number of hydrogen-bond acceptors (Lipinski definition) is 5. The standard InChI is InChI=1S/C22H37N3O3/c1-6-25(19-9-7-8-10-20(19)26)18-12-15-24(16-13-18)17(2)11-14-23-21(27)28-22(3,4)5/h7-10,17-18,26H,6,11-16H2,1-5H3,(H,23,27). The molecule has 6 nitrogen and oxygen atoms in total. The van der Waals surface area contributed by atoms with Crippen LogP contribution in [0.4, 0.5) is 10.5 Å². The summed E-state index contributed by atoms with van der Waals surface area (Å²) < 4.78 is 5.28. The fourth-order valence-electron chi connectivity index (χ4n) is 3.85. The number of anilines is 1. The SMILES string of the molecule is CCN(c1ccccc1O)C1CCN(C(C)CCNC(=O)OC(C)(C)C)CC1. The van der Waals surface area contributed by atoms with Crippen LogP contribution in [0.15, 0.2) is 24.3 Å². The Labute approximate surface area is 169 Å². The monoisotopic (exact) mass is 391 g/mol. The number of phenolic OH excluding ortho intramolecular Hbond substituents is 1. The van der Waals surface area contributed by atoms with Gasteiger partial charge in [-0.1, -0.05) is 12.1 Å². The average Bonchev–Trinajstić information content (AvgIpc) is 2.63. The van der Waals surface area contributed by atoms with Gasteiger partial charge in [0.15, 0.2) is 0 Å². The highest BCUT2D eigenvalue weighted by Gasteiger charge is 2.27. The highest BCUT2D eigenvalue weighted by Crippen LogP contribution is 2.31. The van der Waals surface area contributed by atoms with Crippen molar-refractivity contribution in [2.45, 2.75) is 71.6 Å². The summed E-state index contributed by atoms with van der Waals surface area (Å²) in [6.45, 7) is 13.5. The van der Waals surface area contributed by atoms with Crippen molar-refractivity contribution in [2.75, 3.05) is 31.1 Å². The maximum Gasteiger partial charge on any atom is 0.407 e. The Morgan fingerprint density at radius 2 is 1.96 bits per heavy atom. The third-order valence-electron chi connectivity index (χ3n) is 5.33. The van der Waals surface area contributed by atoms with Crippen LogP contribution in [0.5, 0.6) is 5.75 Å². The Hall–Kier alpha value is -1.95. The predicted molar refractivity (Wildman–Crippen MR) is 114 cm³/mol. The predicted octanol–water partition coefficient (Wildman–Crippen LogP) is 3.99. The lowest BCUT2D eigenvalue weighted by Gasteiger charge is -2.41. The van der Waals surface area contributed by atoms with Gasteiger partial charge in [0.25, 0.3) is 0 Å². The zero-order chi connectivity index (χ0) is 20.7. The van der Waals surface area contributed by atoms with Crippen LogP contribution in [0.25, 0.3) is 0 Å². The number of carbonyl (C=O) groups excluding carboxylic acids is 1. The molecule has 2 rings (SSSR count). The second-order valence-electron chi connectivity index (χ2n) is 8.61. The summed E-state index contributed by atoms with van der Waals surface area (Å²) in [6, 6.07) is 8.45. The van der Waals surface area contributed by atoms with E-state index in [-0.39, 0.29) is 6.09 Å². The molecule has 1 heterocycles. The smallest absolute Gasteiger partial charge is 0.407 e. The fraction of sp³-hybridized carbons (Fsp3) is 0.682. The molecule has 1 atom stereocenters. The number of phenols is 1. The van der Waals surface area contributed by atoms with Crippen LogP contribution >= 0.6 is 0 Å². The Morgan fingerprint density at radius 1 is 1.32 bits per heavy atom. The fourth-order valence-corrected chi connectivity index (χ4v) is 3.85. The molecule has 1 aromatic carbocycles. The molecular formula is C22H37N3O3. The van der Waals surface area contributed by atoms with E-state index >= 15 is 0 Å². The van der Waals surface area contributed by atoms with Gasteiger partial charge in [-0.3, -0.25) is 0 Å². The second-order valence-corrected chi connectivity index (χ2v) is 8.61. The zero-order valence-corrected chi connectivity index (χ0v) is 18.1. The minimum atomic E-state index is -0.462. The highest BCUT2D eigenvalue weighted by molar-refractivity contribution is 5.67. The van der Waals surface area contributed by atoms with Crippen LogP contribution < -0.4 is 10.2 Å². The number of rotatable bonds is 7. The Bertz CT molecular complexity index is 622. The van der Waals surface area contributed by atoms with E-state index in [0.717, 1.165) is 44.6 Å². The number of nitrogens with zero attached hydrogens (tertiary/aromatic N) is 2. The third kappa shape index (κ3) is 6.59. The van der Waals surface area contributed by atoms with Crippen molar-refractivity contribution >= 4 is 11.8 Å². The van der Waals surface area contributed by atoms with E-state index in [2.05, 4.69) is 29.0 Å². The first-order chi connectivity index (χ1) is 13.2. The van der Waals surface area contributed by atoms with Crippen molar-refractivity contribution in [1.82, 2.24) is 10.2 Å². The topological polar surface area (TPSA) is 65.0 Å². The molecule has 158 valence electrons. The summed E-state index contributed by atoms with van der Waals surface area (Å²) in [7, 11) is 0. The van der Waals surface area contributed by atoms with E-state index in [1.165, 1.54) is 0 Å². The Morgan fingerprint density at radius 3 is 2.54 bits per heavy atom. The number of para-hydroxylation sites is 2. The lowest BCUT2D eigenvalue weighted by Crippen LogP contribution is -2.48. The minimum Gasteiger partial charge on any atom is -0.506 e. The van der Waals surface area contributed by atoms with E-state index < -0.39 is 5.60 Å². The molecule has 0 spiro atoms. The molecule has 1 aliphatic rings. The number of alkyl carbamates (subject to hydrolysis) is 1. The van der Waals surface area contributed by atoms with Crippen LogP contribution in [0.1, 0.15) is 53.9 Å². The van der Waals surface area contributed by atoms with E-state index in [1.54, 1.807) is 6.07 Å². The Kier molecular flexibility index (Phi) is 7.98. The number of benzene rings is 1. The molecule has 6 heteroatoms. The minimum absolute atomic E-state index is 0.348. The number of carbonyl (C=O) groups is 1. The normalized spacial score (nSPS) is 17.2. The lowest BCUT2D eigenvalue weighted by molar-refractivity contribution is 0.0521. The molecule has 1 aromatic rings. The van der Waals surface area contributed by atoms with Gasteiger partial charge < -0.3 is 25.0 Å².